The number of nitrogens with zero attached hydrogens (tertiary/aromatic N) is 1. The highest BCUT2D eigenvalue weighted by Gasteiger charge is 2.12. The molecular weight excluding hydrogens is 213 g/mol. The lowest BCUT2D eigenvalue weighted by Gasteiger charge is -2.24. The molecule has 15 heavy (non-hydrogen) atoms. The van der Waals surface area contributed by atoms with E-state index in [1.165, 1.54) is 6.07 Å². The zero-order valence-corrected chi connectivity index (χ0v) is 10.2. The van der Waals surface area contributed by atoms with Crippen LogP contribution in [-0.2, 0) is 5.88 Å². The van der Waals surface area contributed by atoms with Crippen LogP contribution in [0.1, 0.15) is 19.4 Å². The zero-order chi connectivity index (χ0) is 11.4. The van der Waals surface area contributed by atoms with Gasteiger partial charge in [0.25, 0.3) is 0 Å². The van der Waals surface area contributed by atoms with E-state index in [-0.39, 0.29) is 5.82 Å². The van der Waals surface area contributed by atoms with Crippen LogP contribution < -0.4 is 4.90 Å². The SMILES string of the molecule is CC(C)CN(C)c1c(F)cccc1CCl. The highest BCUT2D eigenvalue weighted by Crippen LogP contribution is 2.25. The van der Waals surface area contributed by atoms with Crippen molar-refractivity contribution in [3.63, 3.8) is 0 Å². The van der Waals surface area contributed by atoms with Gasteiger partial charge >= 0.3 is 0 Å². The number of hydrogen-bond acceptors (Lipinski definition) is 1. The Hall–Kier alpha value is -0.760. The van der Waals surface area contributed by atoms with Gasteiger partial charge in [-0.3, -0.25) is 0 Å². The van der Waals surface area contributed by atoms with Crippen LogP contribution in [0.5, 0.6) is 0 Å². The molecule has 0 saturated heterocycles. The molecule has 0 amide bonds. The van der Waals surface area contributed by atoms with Crippen LogP contribution in [0.2, 0.25) is 0 Å². The van der Waals surface area contributed by atoms with Gasteiger partial charge in [-0.25, -0.2) is 4.39 Å². The van der Waals surface area contributed by atoms with E-state index >= 15 is 0 Å². The molecule has 0 atom stereocenters. The monoisotopic (exact) mass is 229 g/mol. The predicted molar refractivity (Wildman–Crippen MR) is 64.1 cm³/mol. The number of anilines is 1. The van der Waals surface area contributed by atoms with Crippen molar-refractivity contribution in [3.8, 4) is 0 Å². The second-order valence-electron chi connectivity index (χ2n) is 4.16. The topological polar surface area (TPSA) is 3.24 Å². The van der Waals surface area contributed by atoms with Gasteiger partial charge in [0, 0.05) is 19.5 Å². The van der Waals surface area contributed by atoms with Crippen molar-refractivity contribution in [1.82, 2.24) is 0 Å². The molecule has 3 heteroatoms. The Bertz CT molecular complexity index is 325. The maximum atomic E-state index is 13.6. The van der Waals surface area contributed by atoms with Crippen molar-refractivity contribution in [1.29, 1.82) is 0 Å². The zero-order valence-electron chi connectivity index (χ0n) is 9.43. The molecule has 0 heterocycles. The summed E-state index contributed by atoms with van der Waals surface area (Å²) in [5, 5.41) is 0. The first-order valence-corrected chi connectivity index (χ1v) is 5.64. The number of alkyl halides is 1. The standard InChI is InChI=1S/C12H17ClFN/c1-9(2)8-15(3)12-10(7-13)5-4-6-11(12)14/h4-6,9H,7-8H2,1-3H3. The van der Waals surface area contributed by atoms with Crippen molar-refractivity contribution < 1.29 is 4.39 Å². The van der Waals surface area contributed by atoms with Gasteiger partial charge in [0.2, 0.25) is 0 Å². The highest BCUT2D eigenvalue weighted by atomic mass is 35.5. The molecular formula is C12H17ClFN. The largest absolute Gasteiger partial charge is 0.372 e. The molecule has 1 nitrogen and oxygen atoms in total. The molecule has 0 unspecified atom stereocenters. The van der Waals surface area contributed by atoms with Crippen LogP contribution in [0.3, 0.4) is 0 Å². The molecule has 0 spiro atoms. The minimum Gasteiger partial charge on any atom is -0.372 e. The summed E-state index contributed by atoms with van der Waals surface area (Å²) in [4.78, 5) is 1.93. The second-order valence-corrected chi connectivity index (χ2v) is 4.42. The van der Waals surface area contributed by atoms with Gasteiger partial charge < -0.3 is 4.90 Å². The molecule has 0 radical (unpaired) electrons. The fraction of sp³-hybridized carbons (Fsp3) is 0.500. The summed E-state index contributed by atoms with van der Waals surface area (Å²) < 4.78 is 13.6. The fourth-order valence-corrected chi connectivity index (χ4v) is 1.95. The Morgan fingerprint density at radius 2 is 2.07 bits per heavy atom. The van der Waals surface area contributed by atoms with E-state index in [0.29, 0.717) is 17.5 Å². The van der Waals surface area contributed by atoms with Gasteiger partial charge in [-0.05, 0) is 17.5 Å². The Morgan fingerprint density at radius 1 is 1.40 bits per heavy atom. The van der Waals surface area contributed by atoms with Gasteiger partial charge in [-0.1, -0.05) is 26.0 Å². The van der Waals surface area contributed by atoms with Gasteiger partial charge in [0.05, 0.1) is 5.69 Å². The highest BCUT2D eigenvalue weighted by molar-refractivity contribution is 6.17. The third kappa shape index (κ3) is 3.10. The Labute approximate surface area is 95.8 Å². The lowest BCUT2D eigenvalue weighted by atomic mass is 10.1. The third-order valence-corrected chi connectivity index (χ3v) is 2.52. The van der Waals surface area contributed by atoms with E-state index in [1.54, 1.807) is 6.07 Å². The molecule has 1 aromatic rings. The van der Waals surface area contributed by atoms with Crippen molar-refractivity contribution in [3.05, 3.63) is 29.6 Å². The van der Waals surface area contributed by atoms with E-state index in [0.717, 1.165) is 12.1 Å². The first kappa shape index (κ1) is 12.3. The van der Waals surface area contributed by atoms with E-state index in [4.69, 9.17) is 11.6 Å². The minimum absolute atomic E-state index is 0.198. The molecule has 0 aliphatic heterocycles. The molecule has 0 saturated carbocycles. The molecule has 0 bridgehead atoms. The summed E-state index contributed by atoms with van der Waals surface area (Å²) in [6.45, 7) is 5.04. The van der Waals surface area contributed by atoms with Crippen LogP contribution >= 0.6 is 11.6 Å². The Morgan fingerprint density at radius 3 is 2.60 bits per heavy atom. The molecule has 0 aliphatic carbocycles. The normalized spacial score (nSPS) is 10.8. The summed E-state index contributed by atoms with van der Waals surface area (Å²) in [5.41, 5.74) is 1.47. The Balaban J connectivity index is 3.00. The van der Waals surface area contributed by atoms with Crippen molar-refractivity contribution >= 4 is 17.3 Å². The molecule has 1 aromatic carbocycles. The van der Waals surface area contributed by atoms with Crippen molar-refractivity contribution in [2.24, 2.45) is 5.92 Å². The summed E-state index contributed by atoms with van der Waals surface area (Å²) in [6, 6.07) is 5.03. The third-order valence-electron chi connectivity index (χ3n) is 2.24. The lowest BCUT2D eigenvalue weighted by molar-refractivity contribution is 0.598. The van der Waals surface area contributed by atoms with E-state index in [9.17, 15) is 4.39 Å². The van der Waals surface area contributed by atoms with Gasteiger partial charge in [-0.2, -0.15) is 0 Å². The number of para-hydroxylation sites is 1. The number of rotatable bonds is 4. The van der Waals surface area contributed by atoms with Crippen LogP contribution in [0.4, 0.5) is 10.1 Å². The van der Waals surface area contributed by atoms with Gasteiger partial charge in [0.15, 0.2) is 0 Å². The molecule has 0 N–H and O–H groups in total. The van der Waals surface area contributed by atoms with Crippen LogP contribution in [-0.4, -0.2) is 13.6 Å². The maximum Gasteiger partial charge on any atom is 0.146 e. The quantitative estimate of drug-likeness (QED) is 0.713. The van der Waals surface area contributed by atoms with Crippen LogP contribution in [0, 0.1) is 11.7 Å². The molecule has 0 aliphatic rings. The summed E-state index contributed by atoms with van der Waals surface area (Å²) in [5.74, 6) is 0.643. The first-order chi connectivity index (χ1) is 7.06. The average molecular weight is 230 g/mol. The van der Waals surface area contributed by atoms with Crippen molar-refractivity contribution in [2.75, 3.05) is 18.5 Å². The summed E-state index contributed by atoms with van der Waals surface area (Å²) in [7, 11) is 1.90. The van der Waals surface area contributed by atoms with Crippen molar-refractivity contribution in [2.45, 2.75) is 19.7 Å². The first-order valence-electron chi connectivity index (χ1n) is 5.10. The summed E-state index contributed by atoms with van der Waals surface area (Å²) in [6.07, 6.45) is 0. The minimum atomic E-state index is -0.198. The van der Waals surface area contributed by atoms with Crippen LogP contribution in [0.15, 0.2) is 18.2 Å². The lowest BCUT2D eigenvalue weighted by Crippen LogP contribution is -2.24. The molecule has 0 fully saturated rings. The predicted octanol–water partition coefficient (Wildman–Crippen LogP) is 3.66. The second kappa shape index (κ2) is 5.36. The Kier molecular flexibility index (Phi) is 4.40. The molecule has 0 aromatic heterocycles. The summed E-state index contributed by atoms with van der Waals surface area (Å²) >= 11 is 5.79. The average Bonchev–Trinajstić information content (AvgIpc) is 2.15. The molecule has 84 valence electrons. The van der Waals surface area contributed by atoms with E-state index < -0.39 is 0 Å². The fourth-order valence-electron chi connectivity index (χ4n) is 1.73. The van der Waals surface area contributed by atoms with E-state index in [1.807, 2.05) is 18.0 Å². The smallest absolute Gasteiger partial charge is 0.146 e. The molecule has 1 rings (SSSR count). The van der Waals surface area contributed by atoms with Gasteiger partial charge in [0.1, 0.15) is 5.82 Å². The van der Waals surface area contributed by atoms with Gasteiger partial charge in [-0.15, -0.1) is 11.6 Å². The van der Waals surface area contributed by atoms with E-state index in [2.05, 4.69) is 13.8 Å². The number of hydrogen-bond donors (Lipinski definition) is 0. The number of halogens is 2. The van der Waals surface area contributed by atoms with Crippen LogP contribution in [0.25, 0.3) is 0 Å². The number of benzene rings is 1. The maximum absolute atomic E-state index is 13.6.